The Bertz CT molecular complexity index is 5040. The lowest BCUT2D eigenvalue weighted by atomic mass is 9.87. The van der Waals surface area contributed by atoms with Crippen molar-refractivity contribution in [1.29, 1.82) is 0 Å². The van der Waals surface area contributed by atoms with E-state index in [1.54, 1.807) is 99.6 Å². The van der Waals surface area contributed by atoms with Crippen LogP contribution in [-0.2, 0) is 60.9 Å². The Hall–Kier alpha value is -13.3. The van der Waals surface area contributed by atoms with Crippen molar-refractivity contribution in [3.8, 4) is 5.88 Å². The van der Waals surface area contributed by atoms with Gasteiger partial charge in [-0.15, -0.1) is 0 Å². The number of aliphatic carboxylic acids is 1. The molecule has 4 aliphatic rings. The van der Waals surface area contributed by atoms with Crippen LogP contribution < -0.4 is 81.2 Å². The van der Waals surface area contributed by atoms with Gasteiger partial charge >= 0.3 is 30.2 Å². The molecule has 2 aliphatic carbocycles. The second-order valence-electron chi connectivity index (χ2n) is 34.6. The van der Waals surface area contributed by atoms with Gasteiger partial charge in [-0.2, -0.15) is 9.97 Å². The fourth-order valence-electron chi connectivity index (χ4n) is 16.1. The Morgan fingerprint density at radius 3 is 2.10 bits per heavy atom. The summed E-state index contributed by atoms with van der Waals surface area (Å²) in [6.07, 6.45) is 22.7. The molecule has 15 atom stereocenters. The van der Waals surface area contributed by atoms with Crippen molar-refractivity contribution in [2.45, 2.75) is 239 Å². The molecule has 21 N–H and O–H groups in total. The molecule has 5 aromatic rings. The number of carboxylic acid groups (broad SMARTS) is 1. The van der Waals surface area contributed by atoms with E-state index < -0.39 is 96.3 Å². The molecular weight excluding hydrogens is 1700 g/mol. The highest BCUT2D eigenvalue weighted by molar-refractivity contribution is 5.99. The number of hydrazine groups is 1. The summed E-state index contributed by atoms with van der Waals surface area (Å²) in [4.78, 5) is 159. The highest BCUT2D eigenvalue weighted by atomic mass is 16.6. The van der Waals surface area contributed by atoms with Gasteiger partial charge in [0.2, 0.25) is 35.5 Å². The molecule has 10 amide bonds. The van der Waals surface area contributed by atoms with Crippen LogP contribution in [0.2, 0.25) is 0 Å². The van der Waals surface area contributed by atoms with E-state index in [1.165, 1.54) is 17.3 Å². The number of alkyl carbamates (subject to hydrolysis) is 2. The second kappa shape index (κ2) is 50.8. The molecule has 37 nitrogen and oxygen atoms in total. The predicted octanol–water partition coefficient (Wildman–Crippen LogP) is 9.51. The number of nitrogens with two attached hydrogens (primary N) is 4. The fourth-order valence-corrected chi connectivity index (χ4v) is 16.1. The molecule has 712 valence electrons. The van der Waals surface area contributed by atoms with Crippen molar-refractivity contribution >= 4 is 99.8 Å². The van der Waals surface area contributed by atoms with Crippen molar-refractivity contribution in [2.24, 2.45) is 52.8 Å². The van der Waals surface area contributed by atoms with E-state index in [4.69, 9.17) is 42.0 Å². The number of carboxylic acids is 1. The van der Waals surface area contributed by atoms with E-state index in [0.717, 1.165) is 29.7 Å². The van der Waals surface area contributed by atoms with Crippen molar-refractivity contribution in [3.05, 3.63) is 185 Å². The molecule has 0 radical (unpaired) electrons. The number of aromatic nitrogens is 4. The zero-order chi connectivity index (χ0) is 95.7. The number of esters is 1. The van der Waals surface area contributed by atoms with E-state index in [9.17, 15) is 68.1 Å². The van der Waals surface area contributed by atoms with Crippen LogP contribution in [0.4, 0.5) is 37.4 Å². The van der Waals surface area contributed by atoms with Crippen molar-refractivity contribution in [1.82, 2.24) is 62.5 Å². The average molecular weight is 1830 g/mol. The number of nitrogens with one attached hydrogen (secondary N) is 10. The maximum Gasteiger partial charge on any atom is 0.408 e. The third-order valence-electron chi connectivity index (χ3n) is 23.5. The molecule has 4 heterocycles. The summed E-state index contributed by atoms with van der Waals surface area (Å²) in [5.41, 5.74) is 24.8. The van der Waals surface area contributed by atoms with Crippen LogP contribution in [0.1, 0.15) is 197 Å². The first-order valence-corrected chi connectivity index (χ1v) is 45.1. The monoisotopic (exact) mass is 1820 g/mol. The number of ether oxygens (including phenoxy) is 4. The van der Waals surface area contributed by atoms with Crippen LogP contribution >= 0.6 is 0 Å². The number of rotatable bonds is 46. The summed E-state index contributed by atoms with van der Waals surface area (Å²) >= 11 is 0. The average Bonchev–Trinajstić information content (AvgIpc) is 1.61. The number of anilines is 4. The summed E-state index contributed by atoms with van der Waals surface area (Å²) in [5, 5.41) is 60.7. The molecule has 1 saturated heterocycles. The molecule has 9 rings (SSSR count). The number of allylic oxidation sites excluding steroid dienone is 9. The number of urea groups is 1. The number of fused-ring (bicyclic) bond motifs is 2. The predicted molar refractivity (Wildman–Crippen MR) is 498 cm³/mol. The first kappa shape index (κ1) is 102. The van der Waals surface area contributed by atoms with Crippen molar-refractivity contribution in [3.63, 3.8) is 0 Å². The number of aliphatic hydroxyl groups excluding tert-OH is 1. The number of aromatic hydroxyl groups is 1. The van der Waals surface area contributed by atoms with Crippen LogP contribution in [0.3, 0.4) is 0 Å². The Balaban J connectivity index is 0.651. The topological polar surface area (TPSA) is 565 Å². The van der Waals surface area contributed by atoms with E-state index in [2.05, 4.69) is 86.1 Å². The maximum absolute atomic E-state index is 14.1. The molecular formula is C95H129N19O18. The number of aliphatic hydroxyl groups is 1. The molecule has 2 fully saturated rings. The van der Waals surface area contributed by atoms with E-state index in [-0.39, 0.29) is 160 Å². The Morgan fingerprint density at radius 1 is 0.720 bits per heavy atom. The highest BCUT2D eigenvalue weighted by Crippen LogP contribution is 2.54. The minimum absolute atomic E-state index is 0.0207. The third-order valence-corrected chi connectivity index (χ3v) is 23.5. The van der Waals surface area contributed by atoms with E-state index >= 15 is 0 Å². The molecule has 1 saturated carbocycles. The number of cyclic esters (lactones) is 1. The van der Waals surface area contributed by atoms with Gasteiger partial charge in [0, 0.05) is 91.0 Å². The molecule has 4 unspecified atom stereocenters. The molecule has 0 bridgehead atoms. The highest BCUT2D eigenvalue weighted by Gasteiger charge is 2.50. The van der Waals surface area contributed by atoms with Gasteiger partial charge < -0.3 is 105 Å². The summed E-state index contributed by atoms with van der Waals surface area (Å²) < 4.78 is 23.3. The lowest BCUT2D eigenvalue weighted by Gasteiger charge is -2.39. The number of unbranched alkanes of at least 4 members (excludes halogenated alkanes) is 1. The second-order valence-corrected chi connectivity index (χ2v) is 34.6. The zero-order valence-corrected chi connectivity index (χ0v) is 76.4. The quantitative estimate of drug-likeness (QED) is 0.00328. The summed E-state index contributed by atoms with van der Waals surface area (Å²) in [6.45, 7) is 17.6. The molecule has 37 heteroatoms. The van der Waals surface area contributed by atoms with Gasteiger partial charge in [0.1, 0.15) is 30.8 Å². The van der Waals surface area contributed by atoms with Gasteiger partial charge in [-0.3, -0.25) is 33.8 Å². The first-order chi connectivity index (χ1) is 63.1. The van der Waals surface area contributed by atoms with Gasteiger partial charge in [-0.25, -0.2) is 39.8 Å². The number of nitrogen functional groups attached to an aromatic ring is 1. The van der Waals surface area contributed by atoms with Crippen LogP contribution in [-0.4, -0.2) is 181 Å². The van der Waals surface area contributed by atoms with Gasteiger partial charge in [-0.1, -0.05) is 99.6 Å². The third kappa shape index (κ3) is 33.0. The van der Waals surface area contributed by atoms with Crippen molar-refractivity contribution < 1.29 is 87.0 Å². The smallest absolute Gasteiger partial charge is 0.408 e. The van der Waals surface area contributed by atoms with E-state index in [0.29, 0.717) is 96.6 Å². The number of benzene rings is 3. The maximum atomic E-state index is 14.1. The minimum Gasteiger partial charge on any atom is -0.492 e. The Kier molecular flexibility index (Phi) is 39.4. The van der Waals surface area contributed by atoms with E-state index in [1.807, 2.05) is 77.2 Å². The van der Waals surface area contributed by atoms with Gasteiger partial charge in [0.15, 0.2) is 11.2 Å². The number of hydrogen-bond donors (Lipinski definition) is 17. The lowest BCUT2D eigenvalue weighted by Crippen LogP contribution is -2.54. The Morgan fingerprint density at radius 2 is 1.39 bits per heavy atom. The van der Waals surface area contributed by atoms with Gasteiger partial charge in [0.25, 0.3) is 11.8 Å². The summed E-state index contributed by atoms with van der Waals surface area (Å²) in [5.74, 6) is 1.73. The van der Waals surface area contributed by atoms with Crippen LogP contribution in [0.25, 0.3) is 11.2 Å². The van der Waals surface area contributed by atoms with Crippen LogP contribution in [0.15, 0.2) is 162 Å². The molecule has 132 heavy (non-hydrogen) atoms. The van der Waals surface area contributed by atoms with Crippen molar-refractivity contribution in [2.75, 3.05) is 41.1 Å². The number of amides is 10. The van der Waals surface area contributed by atoms with Gasteiger partial charge in [-0.05, 0) is 214 Å². The SMILES string of the molecule is C/C=C/C1OC([C@@H](/C=C/C=C(\C)C[C@@H](C)/C=C(C)\C=C\C2CC=CC(=O)O2)NC(=O)OCc2ccc(NC(=O)[C@H](CCCNC(N)=O)NC(=O)[C@@H](NC(=O)OC[C@@H]3C4CCC(N)=C(N(N)c5ccc(C(=O)NCCCC[C@@H](C)NC(=O)CC[C@H](NC(=O)CC[C@@H](C)NC(=O)c6ccc(NCc7cnc8nc(N)nc(O)c8n7)cc6)C(=O)O)cc5)CC[C@@H]43)C(C)C)cc2)C[C@@H](O)[C@@H]1C. The largest absolute Gasteiger partial charge is 0.492 e. The summed E-state index contributed by atoms with van der Waals surface area (Å²) in [6, 6.07) is 14.3. The molecule has 2 aromatic heterocycles. The van der Waals surface area contributed by atoms with Crippen LogP contribution in [0, 0.1) is 35.5 Å². The summed E-state index contributed by atoms with van der Waals surface area (Å²) in [7, 11) is 0. The number of nitrogens with zero attached hydrogens (tertiary/aromatic N) is 5. The number of carbonyl (C=O) groups excluding carboxylic acids is 10. The number of primary amides is 1. The molecule has 2 aliphatic heterocycles. The lowest BCUT2D eigenvalue weighted by molar-refractivity contribution is -0.142. The van der Waals surface area contributed by atoms with Crippen LogP contribution in [0.5, 0.6) is 5.88 Å². The minimum atomic E-state index is -1.32. The molecule has 0 spiro atoms. The zero-order valence-electron chi connectivity index (χ0n) is 76.4. The Labute approximate surface area is 768 Å². The van der Waals surface area contributed by atoms with Gasteiger partial charge in [0.05, 0.1) is 60.8 Å². The normalized spacial score (nSPS) is 20.2. The first-order valence-electron chi connectivity index (χ1n) is 45.1. The standard InChI is InChI=1S/C95H129N19O18/c1-10-16-78-60(9)77(115)49-79(132-78)73(20-13-17-55(4)47-57(6)48-56(5)23-37-68-19-14-22-82(118)131-68)110-94(127)129-52-61-25-31-65(32-26-61)107-88(121)74(21-15-46-101-93(98)126)109-89(122)83(54(2)3)111-95(128)130-53-71-69-38-40-72(96)76(42-39-70(69)71)114(99)67-35-29-62(30-36-67)86(119)100-45-12-11-18-58(7)104-80(116)44-41-75(91(124)125)108-81(117)43-24-59(8)105-87(120)63-27-33-64(34-28-63)102-50-66-51-103-85-84(106-66)90(123)113-92(97)112-85/h10,13-14,16-17,20,22-23,25-37,48,51,54,57-60,68-71,73-75,77-79,83,102,115H,11-12,15,18-19,21,24,38-47,49-50,52-53,96,99H2,1-9H3,(H,100,119)(H,104,116)(H,105,120)(H,107,121)(H,108,117)(H,109,122)(H,110,127)(H,111,128)(H,124,125)(H3,98,101,126)(H3,97,103,112,113,123)/b16-10+,20-13+,37-23+,55-17+,56-48-,76-72?/t57-,58-,59-,60+,68?,69?,70+,71-,73-,74+,75+,77-,78?,79?,83+/m1/s1. The molecule has 3 aromatic carbocycles. The number of carbonyl (C=O) groups is 11. The fraction of sp³-hybridized carbons (Fsp3) is 0.484. The number of hydrogen-bond acceptors (Lipinski definition) is 26.